The number of benzene rings is 2. The quantitative estimate of drug-likeness (QED) is 0.588. The van der Waals surface area contributed by atoms with Gasteiger partial charge in [0.05, 0.1) is 12.0 Å². The van der Waals surface area contributed by atoms with Crippen LogP contribution >= 0.6 is 12.4 Å². The van der Waals surface area contributed by atoms with Crippen molar-refractivity contribution in [1.82, 2.24) is 14.1 Å². The number of aryl methyl sites for hydroxylation is 1. The third kappa shape index (κ3) is 6.29. The Bertz CT molecular complexity index is 1040. The third-order valence-corrected chi connectivity index (χ3v) is 8.94. The highest BCUT2D eigenvalue weighted by atomic mass is 35.5. The smallest absolute Gasteiger partial charge is 0.243 e. The summed E-state index contributed by atoms with van der Waals surface area (Å²) in [4.78, 5) is 5.03. The highest BCUT2D eigenvalue weighted by Gasteiger charge is 2.31. The Morgan fingerprint density at radius 1 is 0.971 bits per heavy atom. The lowest BCUT2D eigenvalue weighted by Gasteiger charge is -2.38. The monoisotopic (exact) mass is 511 g/mol. The van der Waals surface area contributed by atoms with Crippen molar-refractivity contribution >= 4 is 22.4 Å². The molecule has 0 bridgehead atoms. The minimum absolute atomic E-state index is 0. The van der Waals surface area contributed by atoms with Crippen LogP contribution in [0.15, 0.2) is 47.4 Å². The number of piperidine rings is 1. The summed E-state index contributed by atoms with van der Waals surface area (Å²) in [7, 11) is -2.01. The Labute approximate surface area is 209 Å². The maximum Gasteiger partial charge on any atom is 0.243 e. The predicted molar refractivity (Wildman–Crippen MR) is 135 cm³/mol. The van der Waals surface area contributed by atoms with Gasteiger partial charge in [-0.25, -0.2) is 12.8 Å². The van der Waals surface area contributed by atoms with Crippen LogP contribution in [0.2, 0.25) is 0 Å². The molecule has 0 unspecified atom stereocenters. The summed E-state index contributed by atoms with van der Waals surface area (Å²) in [6.07, 6.45) is 2.97. The second-order valence-electron chi connectivity index (χ2n) is 9.06. The van der Waals surface area contributed by atoms with E-state index in [2.05, 4.69) is 21.9 Å². The Kier molecular flexibility index (Phi) is 9.34. The first-order chi connectivity index (χ1) is 15.9. The van der Waals surface area contributed by atoms with E-state index in [4.69, 9.17) is 4.74 Å². The molecule has 0 radical (unpaired) electrons. The molecule has 0 amide bonds. The summed E-state index contributed by atoms with van der Waals surface area (Å²) >= 11 is 0. The highest BCUT2D eigenvalue weighted by Crippen LogP contribution is 2.25. The van der Waals surface area contributed by atoms with Gasteiger partial charge in [0.15, 0.2) is 0 Å². The molecule has 0 aliphatic carbocycles. The number of halogens is 2. The zero-order chi connectivity index (χ0) is 23.4. The molecule has 2 aliphatic rings. The van der Waals surface area contributed by atoms with E-state index >= 15 is 0 Å². The Morgan fingerprint density at radius 3 is 2.35 bits per heavy atom. The molecule has 2 fully saturated rings. The third-order valence-electron chi connectivity index (χ3n) is 6.90. The van der Waals surface area contributed by atoms with Gasteiger partial charge in [-0.1, -0.05) is 18.2 Å². The fourth-order valence-electron chi connectivity index (χ4n) is 4.94. The molecule has 2 saturated heterocycles. The van der Waals surface area contributed by atoms with Gasteiger partial charge in [0.2, 0.25) is 10.0 Å². The van der Waals surface area contributed by atoms with Crippen LogP contribution < -0.4 is 4.74 Å². The molecule has 9 heteroatoms. The molecule has 0 atom stereocenters. The SMILES string of the molecule is COc1ccc(CN2CCC(N3CCCN(S(=O)(=O)c4cc(F)ccc4C)CC3)CC2)cc1.Cl. The number of ether oxygens (including phenoxy) is 1. The molecule has 0 aromatic heterocycles. The highest BCUT2D eigenvalue weighted by molar-refractivity contribution is 7.89. The molecule has 0 N–H and O–H groups in total. The Morgan fingerprint density at radius 2 is 1.68 bits per heavy atom. The van der Waals surface area contributed by atoms with Crippen molar-refractivity contribution in [2.75, 3.05) is 46.4 Å². The van der Waals surface area contributed by atoms with Crippen molar-refractivity contribution in [3.05, 3.63) is 59.4 Å². The summed E-state index contributed by atoms with van der Waals surface area (Å²) < 4.78 is 46.9. The van der Waals surface area contributed by atoms with Gasteiger partial charge in [-0.05, 0) is 81.2 Å². The van der Waals surface area contributed by atoms with Crippen molar-refractivity contribution in [3.63, 3.8) is 0 Å². The number of methoxy groups -OCH3 is 1. The fourth-order valence-corrected chi connectivity index (χ4v) is 6.65. The zero-order valence-corrected chi connectivity index (χ0v) is 21.6. The number of nitrogens with zero attached hydrogens (tertiary/aromatic N) is 3. The van der Waals surface area contributed by atoms with Gasteiger partial charge < -0.3 is 4.74 Å². The standard InChI is InChI=1S/C25H34FN3O3S.ClH/c1-20-4-7-22(26)18-25(20)33(30,31)29-13-3-12-28(16-17-29)23-10-14-27(15-11-23)19-21-5-8-24(32-2)9-6-21;/h4-9,18,23H,3,10-17,19H2,1-2H3;1H. The molecule has 0 saturated carbocycles. The molecule has 2 aromatic carbocycles. The summed E-state index contributed by atoms with van der Waals surface area (Å²) in [5.41, 5.74) is 1.87. The average molecular weight is 512 g/mol. The maximum atomic E-state index is 13.7. The molecule has 2 aliphatic heterocycles. The van der Waals surface area contributed by atoms with E-state index in [0.717, 1.165) is 63.8 Å². The minimum atomic E-state index is -3.69. The topological polar surface area (TPSA) is 53.1 Å². The second kappa shape index (κ2) is 11.8. The first kappa shape index (κ1) is 26.9. The van der Waals surface area contributed by atoms with Gasteiger partial charge in [0.1, 0.15) is 11.6 Å². The van der Waals surface area contributed by atoms with Crippen LogP contribution in [0.4, 0.5) is 4.39 Å². The van der Waals surface area contributed by atoms with E-state index in [9.17, 15) is 12.8 Å². The van der Waals surface area contributed by atoms with E-state index < -0.39 is 15.8 Å². The van der Waals surface area contributed by atoms with Crippen LogP contribution in [0.25, 0.3) is 0 Å². The number of rotatable bonds is 6. The lowest BCUT2D eigenvalue weighted by molar-refractivity contribution is 0.108. The van der Waals surface area contributed by atoms with E-state index in [1.165, 1.54) is 22.0 Å². The van der Waals surface area contributed by atoms with Crippen LogP contribution in [-0.2, 0) is 16.6 Å². The van der Waals surface area contributed by atoms with Crippen LogP contribution in [-0.4, -0.2) is 74.9 Å². The lowest BCUT2D eigenvalue weighted by atomic mass is 10.0. The summed E-state index contributed by atoms with van der Waals surface area (Å²) in [6.45, 7) is 7.28. The van der Waals surface area contributed by atoms with Crippen molar-refractivity contribution in [2.24, 2.45) is 0 Å². The molecule has 2 heterocycles. The summed E-state index contributed by atoms with van der Waals surface area (Å²) in [6, 6.07) is 12.7. The van der Waals surface area contributed by atoms with Crippen LogP contribution in [0.1, 0.15) is 30.4 Å². The molecular formula is C25H35ClFN3O3S. The average Bonchev–Trinajstić information content (AvgIpc) is 3.09. The van der Waals surface area contributed by atoms with E-state index in [-0.39, 0.29) is 17.3 Å². The van der Waals surface area contributed by atoms with Crippen molar-refractivity contribution in [3.8, 4) is 5.75 Å². The van der Waals surface area contributed by atoms with Crippen molar-refractivity contribution < 1.29 is 17.5 Å². The normalized spacial score (nSPS) is 19.4. The first-order valence-corrected chi connectivity index (χ1v) is 13.2. The lowest BCUT2D eigenvalue weighted by Crippen LogP contribution is -2.46. The zero-order valence-electron chi connectivity index (χ0n) is 20.0. The van der Waals surface area contributed by atoms with Gasteiger partial charge in [0.25, 0.3) is 0 Å². The molecule has 188 valence electrons. The van der Waals surface area contributed by atoms with E-state index in [1.54, 1.807) is 14.0 Å². The Balaban J connectivity index is 0.00000324. The first-order valence-electron chi connectivity index (χ1n) is 11.7. The maximum absolute atomic E-state index is 13.7. The fraction of sp³-hybridized carbons (Fsp3) is 0.520. The van der Waals surface area contributed by atoms with Gasteiger partial charge in [-0.2, -0.15) is 4.31 Å². The number of hydrogen-bond donors (Lipinski definition) is 0. The molecular weight excluding hydrogens is 477 g/mol. The minimum Gasteiger partial charge on any atom is -0.497 e. The molecule has 34 heavy (non-hydrogen) atoms. The summed E-state index contributed by atoms with van der Waals surface area (Å²) in [5.74, 6) is 0.360. The van der Waals surface area contributed by atoms with Crippen molar-refractivity contribution in [2.45, 2.75) is 43.7 Å². The number of hydrogen-bond acceptors (Lipinski definition) is 5. The van der Waals surface area contributed by atoms with Crippen molar-refractivity contribution in [1.29, 1.82) is 0 Å². The Hall–Kier alpha value is -1.71. The van der Waals surface area contributed by atoms with Crippen LogP contribution in [0, 0.1) is 12.7 Å². The van der Waals surface area contributed by atoms with Gasteiger partial charge in [0, 0.05) is 32.2 Å². The van der Waals surface area contributed by atoms with Gasteiger partial charge >= 0.3 is 0 Å². The molecule has 0 spiro atoms. The molecule has 2 aromatic rings. The number of likely N-dealkylation sites (tertiary alicyclic amines) is 1. The van der Waals surface area contributed by atoms with Gasteiger partial charge in [-0.3, -0.25) is 9.80 Å². The van der Waals surface area contributed by atoms with Crippen LogP contribution in [0.3, 0.4) is 0 Å². The molecule has 6 nitrogen and oxygen atoms in total. The van der Waals surface area contributed by atoms with E-state index in [0.29, 0.717) is 24.7 Å². The number of sulfonamides is 1. The largest absolute Gasteiger partial charge is 0.497 e. The second-order valence-corrected chi connectivity index (χ2v) is 11.0. The summed E-state index contributed by atoms with van der Waals surface area (Å²) in [5, 5.41) is 0. The van der Waals surface area contributed by atoms with Crippen LogP contribution in [0.5, 0.6) is 5.75 Å². The molecule has 4 rings (SSSR count). The van der Waals surface area contributed by atoms with Gasteiger partial charge in [-0.15, -0.1) is 12.4 Å². The van der Waals surface area contributed by atoms with E-state index in [1.807, 2.05) is 12.1 Å². The predicted octanol–water partition coefficient (Wildman–Crippen LogP) is 3.93.